The monoisotopic (exact) mass is 232 g/mol. The molecule has 77 valence electrons. The second-order valence-electron chi connectivity index (χ2n) is 2.32. The third-order valence-electron chi connectivity index (χ3n) is 1.21. The average molecular weight is 232 g/mol. The van der Waals surface area contributed by atoms with Crippen molar-refractivity contribution in [2.45, 2.75) is 13.2 Å². The van der Waals surface area contributed by atoms with E-state index in [1.54, 1.807) is 0 Å². The molecule has 1 atom stereocenters. The van der Waals surface area contributed by atoms with Crippen molar-refractivity contribution in [1.29, 1.82) is 0 Å². The van der Waals surface area contributed by atoms with E-state index >= 15 is 0 Å². The number of hydrogen-bond acceptors (Lipinski definition) is 4. The molecule has 0 aromatic heterocycles. The summed E-state index contributed by atoms with van der Waals surface area (Å²) in [5, 5.41) is 25.5. The Balaban J connectivity index is 0. The van der Waals surface area contributed by atoms with Gasteiger partial charge in [-0.15, -0.1) is 0 Å². The van der Waals surface area contributed by atoms with E-state index in [2.05, 4.69) is 0 Å². The predicted molar refractivity (Wildman–Crippen MR) is 38.5 cm³/mol. The number of aliphatic hydroxyl groups is 1. The Morgan fingerprint density at radius 1 is 1.23 bits per heavy atom. The van der Waals surface area contributed by atoms with Crippen molar-refractivity contribution in [3.05, 3.63) is 0 Å². The molecule has 0 amide bonds. The molecule has 0 aromatic rings. The number of carbonyl (C=O) groups is 2. The third-order valence-corrected chi connectivity index (χ3v) is 1.21. The van der Waals surface area contributed by atoms with Crippen LogP contribution in [0, 0.1) is 0 Å². The molecule has 0 aliphatic heterocycles. The van der Waals surface area contributed by atoms with Gasteiger partial charge in [0, 0.05) is 17.1 Å². The molecule has 0 bridgehead atoms. The van der Waals surface area contributed by atoms with Crippen LogP contribution < -0.4 is 0 Å². The van der Waals surface area contributed by atoms with Crippen LogP contribution in [-0.4, -0.2) is 51.5 Å². The quantitative estimate of drug-likeness (QED) is 0.406. The van der Waals surface area contributed by atoms with Gasteiger partial charge in [-0.3, -0.25) is 14.5 Å². The first-order chi connectivity index (χ1) is 5.43. The summed E-state index contributed by atoms with van der Waals surface area (Å²) in [5.74, 6) is -2.34. The number of aliphatic hydroxyl groups excluding tert-OH is 1. The van der Waals surface area contributed by atoms with Crippen molar-refractivity contribution in [2.24, 2.45) is 0 Å². The molecule has 0 rings (SSSR count). The van der Waals surface area contributed by atoms with Crippen LogP contribution in [0.15, 0.2) is 0 Å². The maximum atomic E-state index is 10.1. The fourth-order valence-corrected chi connectivity index (χ4v) is 0.668. The second-order valence-corrected chi connectivity index (χ2v) is 2.32. The van der Waals surface area contributed by atoms with E-state index in [0.717, 1.165) is 4.90 Å². The van der Waals surface area contributed by atoms with Gasteiger partial charge in [0.2, 0.25) is 0 Å². The maximum absolute atomic E-state index is 10.1. The summed E-state index contributed by atoms with van der Waals surface area (Å²) in [6, 6.07) is 0. The molecule has 1 radical (unpaired) electrons. The molecule has 0 spiro atoms. The van der Waals surface area contributed by atoms with Gasteiger partial charge in [0.25, 0.3) is 0 Å². The van der Waals surface area contributed by atoms with Gasteiger partial charge in [-0.05, 0) is 6.92 Å². The van der Waals surface area contributed by atoms with E-state index in [1.165, 1.54) is 6.92 Å². The van der Waals surface area contributed by atoms with Crippen molar-refractivity contribution in [1.82, 2.24) is 4.90 Å². The first-order valence-electron chi connectivity index (χ1n) is 3.29. The standard InChI is InChI=1S/C6H11NO5.Mn/c1-4(8)7(2-5(9)10)3-6(11)12;/h4,8H,2-3H2,1H3,(H,9,10)(H,11,12);. The van der Waals surface area contributed by atoms with Crippen LogP contribution in [0.2, 0.25) is 0 Å². The Hall–Kier alpha value is -0.621. The smallest absolute Gasteiger partial charge is 0.317 e. The van der Waals surface area contributed by atoms with E-state index in [1.807, 2.05) is 0 Å². The van der Waals surface area contributed by atoms with Gasteiger partial charge in [-0.2, -0.15) is 0 Å². The van der Waals surface area contributed by atoms with Crippen LogP contribution in [0.3, 0.4) is 0 Å². The molecule has 0 aromatic carbocycles. The molecule has 6 nitrogen and oxygen atoms in total. The molecular formula is C6H11MnNO5. The number of nitrogens with zero attached hydrogens (tertiary/aromatic N) is 1. The number of carboxylic acid groups (broad SMARTS) is 2. The minimum Gasteiger partial charge on any atom is -0.480 e. The first-order valence-corrected chi connectivity index (χ1v) is 3.29. The number of aliphatic carboxylic acids is 2. The van der Waals surface area contributed by atoms with Gasteiger partial charge in [0.1, 0.15) is 6.23 Å². The van der Waals surface area contributed by atoms with Gasteiger partial charge >= 0.3 is 11.9 Å². The zero-order valence-electron chi connectivity index (χ0n) is 6.97. The average Bonchev–Trinajstić information content (AvgIpc) is 1.83. The summed E-state index contributed by atoms with van der Waals surface area (Å²) in [6.45, 7) is 0.347. The van der Waals surface area contributed by atoms with Crippen LogP contribution in [0.25, 0.3) is 0 Å². The van der Waals surface area contributed by atoms with Crippen molar-refractivity contribution >= 4 is 11.9 Å². The Labute approximate surface area is 85.6 Å². The molecule has 13 heavy (non-hydrogen) atoms. The van der Waals surface area contributed by atoms with Crippen LogP contribution in [0.5, 0.6) is 0 Å². The number of rotatable bonds is 5. The van der Waals surface area contributed by atoms with Crippen molar-refractivity contribution in [2.75, 3.05) is 13.1 Å². The van der Waals surface area contributed by atoms with Crippen molar-refractivity contribution in [3.8, 4) is 0 Å². The summed E-state index contributed by atoms with van der Waals surface area (Å²) in [7, 11) is 0. The molecule has 1 unspecified atom stereocenters. The van der Waals surface area contributed by atoms with Gasteiger partial charge < -0.3 is 15.3 Å². The second kappa shape index (κ2) is 6.85. The molecule has 0 aliphatic carbocycles. The van der Waals surface area contributed by atoms with E-state index in [0.29, 0.717) is 0 Å². The Kier molecular flexibility index (Phi) is 7.84. The largest absolute Gasteiger partial charge is 0.480 e. The van der Waals surface area contributed by atoms with Crippen molar-refractivity contribution in [3.63, 3.8) is 0 Å². The normalized spacial score (nSPS) is 11.9. The first kappa shape index (κ1) is 14.9. The topological polar surface area (TPSA) is 98.1 Å². The zero-order valence-corrected chi connectivity index (χ0v) is 8.16. The zero-order chi connectivity index (χ0) is 9.72. The van der Waals surface area contributed by atoms with Gasteiger partial charge in [-0.25, -0.2) is 0 Å². The fraction of sp³-hybridized carbons (Fsp3) is 0.667. The number of carboxylic acids is 2. The SMILES string of the molecule is CC(O)N(CC(=O)O)CC(=O)O.[Mn]. The summed E-state index contributed by atoms with van der Waals surface area (Å²) in [6.07, 6.45) is -1.07. The maximum Gasteiger partial charge on any atom is 0.317 e. The van der Waals surface area contributed by atoms with E-state index in [-0.39, 0.29) is 17.1 Å². The van der Waals surface area contributed by atoms with Crippen LogP contribution in [0.4, 0.5) is 0 Å². The van der Waals surface area contributed by atoms with Gasteiger partial charge in [-0.1, -0.05) is 0 Å². The molecule has 0 saturated heterocycles. The molecule has 0 saturated carbocycles. The van der Waals surface area contributed by atoms with Crippen LogP contribution in [0.1, 0.15) is 6.92 Å². The molecule has 0 fully saturated rings. The summed E-state index contributed by atoms with van der Waals surface area (Å²) in [4.78, 5) is 21.2. The van der Waals surface area contributed by atoms with Crippen LogP contribution >= 0.6 is 0 Å². The summed E-state index contributed by atoms with van der Waals surface area (Å²) >= 11 is 0. The molecule has 0 heterocycles. The van der Waals surface area contributed by atoms with E-state index < -0.39 is 31.3 Å². The van der Waals surface area contributed by atoms with E-state index in [9.17, 15) is 9.59 Å². The molecular weight excluding hydrogens is 221 g/mol. The summed E-state index contributed by atoms with van der Waals surface area (Å²) in [5.41, 5.74) is 0. The Morgan fingerprint density at radius 2 is 1.54 bits per heavy atom. The van der Waals surface area contributed by atoms with Gasteiger partial charge in [0.15, 0.2) is 0 Å². The minimum absolute atomic E-state index is 0. The Morgan fingerprint density at radius 3 is 1.69 bits per heavy atom. The van der Waals surface area contributed by atoms with Crippen LogP contribution in [-0.2, 0) is 26.7 Å². The van der Waals surface area contributed by atoms with Gasteiger partial charge in [0.05, 0.1) is 13.1 Å². The number of hydrogen-bond donors (Lipinski definition) is 3. The minimum atomic E-state index is -1.17. The third kappa shape index (κ3) is 7.73. The molecule has 7 heteroatoms. The predicted octanol–water partition coefficient (Wildman–Crippen LogP) is -1.21. The summed E-state index contributed by atoms with van der Waals surface area (Å²) < 4.78 is 0. The van der Waals surface area contributed by atoms with Crippen molar-refractivity contribution < 1.29 is 42.0 Å². The fourth-order valence-electron chi connectivity index (χ4n) is 0.668. The molecule has 3 N–H and O–H groups in total. The van der Waals surface area contributed by atoms with E-state index in [4.69, 9.17) is 15.3 Å². The molecule has 0 aliphatic rings. The Bertz CT molecular complexity index is 168.